The molecule has 2 aromatic heterocycles. The molecule has 0 radical (unpaired) electrons. The van der Waals surface area contributed by atoms with Crippen LogP contribution in [0.5, 0.6) is 0 Å². The summed E-state index contributed by atoms with van der Waals surface area (Å²) in [5.74, 6) is 0.813. The molecule has 3 rings (SSSR count). The van der Waals surface area contributed by atoms with E-state index in [4.69, 9.17) is 4.52 Å². The van der Waals surface area contributed by atoms with Gasteiger partial charge in [-0.2, -0.15) is 13.2 Å². The summed E-state index contributed by atoms with van der Waals surface area (Å²) < 4.78 is 44.2. The summed E-state index contributed by atoms with van der Waals surface area (Å²) in [6.07, 6.45) is -3.23. The number of halogens is 3. The molecule has 0 amide bonds. The van der Waals surface area contributed by atoms with E-state index < -0.39 is 11.9 Å². The number of hydrogen-bond donors (Lipinski definition) is 0. The summed E-state index contributed by atoms with van der Waals surface area (Å²) in [5.41, 5.74) is 0.286. The van der Waals surface area contributed by atoms with Gasteiger partial charge in [0.2, 0.25) is 0 Å². The minimum absolute atomic E-state index is 0.226. The molecule has 1 aliphatic rings. The van der Waals surface area contributed by atoms with Gasteiger partial charge in [-0.05, 0) is 18.6 Å². The van der Waals surface area contributed by atoms with Crippen LogP contribution < -0.4 is 0 Å². The molecule has 0 unspecified atom stereocenters. The van der Waals surface area contributed by atoms with E-state index >= 15 is 0 Å². The number of alkyl halides is 3. The number of hydrogen-bond acceptors (Lipinski definition) is 5. The van der Waals surface area contributed by atoms with Gasteiger partial charge in [0.25, 0.3) is 0 Å². The molecule has 0 N–H and O–H groups in total. The van der Waals surface area contributed by atoms with Gasteiger partial charge in [0.15, 0.2) is 5.76 Å². The Kier molecular flexibility index (Phi) is 4.86. The topological polar surface area (TPSA) is 45.4 Å². The Labute approximate surface area is 138 Å². The van der Waals surface area contributed by atoms with Crippen molar-refractivity contribution in [2.75, 3.05) is 26.2 Å². The van der Waals surface area contributed by atoms with Crippen LogP contribution in [0, 0.1) is 6.92 Å². The largest absolute Gasteiger partial charge is 0.433 e. The van der Waals surface area contributed by atoms with E-state index in [0.29, 0.717) is 19.6 Å². The third-order valence-electron chi connectivity index (χ3n) is 4.07. The summed E-state index contributed by atoms with van der Waals surface area (Å²) in [5, 5.41) is 3.86. The van der Waals surface area contributed by atoms with Crippen LogP contribution in [-0.4, -0.2) is 46.1 Å². The Bertz CT molecular complexity index is 678. The van der Waals surface area contributed by atoms with Crippen molar-refractivity contribution < 1.29 is 17.7 Å². The molecule has 1 aliphatic heterocycles. The number of nitrogens with zero attached hydrogens (tertiary/aromatic N) is 4. The first-order valence-corrected chi connectivity index (χ1v) is 7.80. The van der Waals surface area contributed by atoms with Crippen molar-refractivity contribution in [2.24, 2.45) is 0 Å². The van der Waals surface area contributed by atoms with Gasteiger partial charge in [0.1, 0.15) is 5.69 Å². The SMILES string of the molecule is Cc1cc(CN2CCN(Cc3cccnc3C(F)(F)F)CC2)on1. The minimum atomic E-state index is -4.41. The van der Waals surface area contributed by atoms with Crippen LogP contribution in [0.4, 0.5) is 13.2 Å². The number of aryl methyl sites for hydroxylation is 1. The molecule has 0 aromatic carbocycles. The van der Waals surface area contributed by atoms with Crippen molar-refractivity contribution in [3.05, 3.63) is 47.1 Å². The number of pyridine rings is 1. The lowest BCUT2D eigenvalue weighted by Gasteiger charge is -2.34. The first kappa shape index (κ1) is 16.9. The maximum Gasteiger partial charge on any atom is 0.433 e. The van der Waals surface area contributed by atoms with E-state index in [1.54, 1.807) is 6.07 Å². The van der Waals surface area contributed by atoms with E-state index in [1.807, 2.05) is 17.9 Å². The first-order chi connectivity index (χ1) is 11.4. The molecule has 0 atom stereocenters. The molecule has 1 saturated heterocycles. The molecule has 130 valence electrons. The van der Waals surface area contributed by atoms with Crippen LogP contribution in [0.15, 0.2) is 28.9 Å². The zero-order valence-corrected chi connectivity index (χ0v) is 13.4. The molecule has 0 saturated carbocycles. The average Bonchev–Trinajstić information content (AvgIpc) is 2.94. The maximum absolute atomic E-state index is 13.0. The third kappa shape index (κ3) is 4.12. The number of aromatic nitrogens is 2. The van der Waals surface area contributed by atoms with Gasteiger partial charge < -0.3 is 4.52 Å². The Balaban J connectivity index is 1.56. The van der Waals surface area contributed by atoms with Crippen molar-refractivity contribution in [2.45, 2.75) is 26.2 Å². The molecule has 24 heavy (non-hydrogen) atoms. The van der Waals surface area contributed by atoms with E-state index in [-0.39, 0.29) is 12.1 Å². The van der Waals surface area contributed by atoms with Crippen LogP contribution in [0.25, 0.3) is 0 Å². The summed E-state index contributed by atoms with van der Waals surface area (Å²) in [6, 6.07) is 4.95. The van der Waals surface area contributed by atoms with Crippen molar-refractivity contribution in [1.29, 1.82) is 0 Å². The third-order valence-corrected chi connectivity index (χ3v) is 4.07. The summed E-state index contributed by atoms with van der Waals surface area (Å²) in [4.78, 5) is 7.74. The molecule has 0 aliphatic carbocycles. The van der Waals surface area contributed by atoms with Crippen molar-refractivity contribution in [1.82, 2.24) is 19.9 Å². The Morgan fingerprint density at radius 1 is 1.12 bits per heavy atom. The highest BCUT2D eigenvalue weighted by Gasteiger charge is 2.35. The standard InChI is InChI=1S/C16H19F3N4O/c1-12-9-14(24-21-12)11-23-7-5-22(6-8-23)10-13-3-2-4-20-15(13)16(17,18)19/h2-4,9H,5-8,10-11H2,1H3. The van der Waals surface area contributed by atoms with Gasteiger partial charge in [-0.1, -0.05) is 11.2 Å². The van der Waals surface area contributed by atoms with E-state index in [1.165, 1.54) is 12.3 Å². The molecule has 5 nitrogen and oxygen atoms in total. The van der Waals surface area contributed by atoms with Crippen LogP contribution >= 0.6 is 0 Å². The molecule has 2 aromatic rings. The zero-order chi connectivity index (χ0) is 17.2. The van der Waals surface area contributed by atoms with Crippen molar-refractivity contribution in [3.8, 4) is 0 Å². The fourth-order valence-electron chi connectivity index (χ4n) is 2.88. The van der Waals surface area contributed by atoms with Crippen LogP contribution in [0.1, 0.15) is 22.7 Å². The molecular formula is C16H19F3N4O. The van der Waals surface area contributed by atoms with E-state index in [2.05, 4.69) is 15.0 Å². The van der Waals surface area contributed by atoms with Gasteiger partial charge in [0, 0.05) is 45.0 Å². The second kappa shape index (κ2) is 6.90. The lowest BCUT2D eigenvalue weighted by atomic mass is 10.1. The Morgan fingerprint density at radius 3 is 2.38 bits per heavy atom. The normalized spacial score (nSPS) is 17.3. The van der Waals surface area contributed by atoms with Gasteiger partial charge in [-0.25, -0.2) is 0 Å². The smallest absolute Gasteiger partial charge is 0.360 e. The monoisotopic (exact) mass is 340 g/mol. The summed E-state index contributed by atoms with van der Waals surface area (Å²) in [7, 11) is 0. The predicted octanol–water partition coefficient (Wildman–Crippen LogP) is 2.71. The maximum atomic E-state index is 13.0. The van der Waals surface area contributed by atoms with E-state index in [9.17, 15) is 13.2 Å². The zero-order valence-electron chi connectivity index (χ0n) is 13.4. The average molecular weight is 340 g/mol. The molecule has 0 spiro atoms. The van der Waals surface area contributed by atoms with Crippen LogP contribution in [-0.2, 0) is 19.3 Å². The van der Waals surface area contributed by atoms with Gasteiger partial charge in [0.05, 0.1) is 12.2 Å². The summed E-state index contributed by atoms with van der Waals surface area (Å²) in [6.45, 7) is 5.78. The van der Waals surface area contributed by atoms with Gasteiger partial charge >= 0.3 is 6.18 Å². The second-order valence-corrected chi connectivity index (χ2v) is 6.00. The van der Waals surface area contributed by atoms with Crippen molar-refractivity contribution in [3.63, 3.8) is 0 Å². The highest BCUT2D eigenvalue weighted by molar-refractivity contribution is 5.22. The van der Waals surface area contributed by atoms with Crippen LogP contribution in [0.3, 0.4) is 0 Å². The molecule has 8 heteroatoms. The Hall–Kier alpha value is -1.93. The lowest BCUT2D eigenvalue weighted by Crippen LogP contribution is -2.45. The fraction of sp³-hybridized carbons (Fsp3) is 0.500. The summed E-state index contributed by atoms with van der Waals surface area (Å²) >= 11 is 0. The second-order valence-electron chi connectivity index (χ2n) is 6.00. The molecular weight excluding hydrogens is 321 g/mol. The molecule has 0 bridgehead atoms. The van der Waals surface area contributed by atoms with Gasteiger partial charge in [-0.15, -0.1) is 0 Å². The predicted molar refractivity (Wildman–Crippen MR) is 81.0 cm³/mol. The van der Waals surface area contributed by atoms with E-state index in [0.717, 1.165) is 24.5 Å². The minimum Gasteiger partial charge on any atom is -0.360 e. The highest BCUT2D eigenvalue weighted by atomic mass is 19.4. The fourth-order valence-corrected chi connectivity index (χ4v) is 2.88. The van der Waals surface area contributed by atoms with Gasteiger partial charge in [-0.3, -0.25) is 14.8 Å². The highest BCUT2D eigenvalue weighted by Crippen LogP contribution is 2.30. The number of piperazine rings is 1. The molecule has 1 fully saturated rings. The number of rotatable bonds is 4. The van der Waals surface area contributed by atoms with Crippen LogP contribution in [0.2, 0.25) is 0 Å². The molecule has 3 heterocycles. The first-order valence-electron chi connectivity index (χ1n) is 7.80. The quantitative estimate of drug-likeness (QED) is 0.856. The Morgan fingerprint density at radius 2 is 1.79 bits per heavy atom. The van der Waals surface area contributed by atoms with Crippen molar-refractivity contribution >= 4 is 0 Å². The lowest BCUT2D eigenvalue weighted by molar-refractivity contribution is -0.142.